The van der Waals surface area contributed by atoms with E-state index in [1.807, 2.05) is 6.92 Å². The number of rotatable bonds is 5. The number of halogens is 1. The predicted octanol–water partition coefficient (Wildman–Crippen LogP) is 0.797. The largest absolute Gasteiger partial charge is 0.497 e. The Morgan fingerprint density at radius 2 is 2.00 bits per heavy atom. The monoisotopic (exact) mass is 291 g/mol. The van der Waals surface area contributed by atoms with Gasteiger partial charge in [0, 0.05) is 17.8 Å². The van der Waals surface area contributed by atoms with Gasteiger partial charge in [-0.05, 0) is 24.5 Å². The second-order valence-corrected chi connectivity index (χ2v) is 4.49. The van der Waals surface area contributed by atoms with Crippen molar-refractivity contribution < 1.29 is 23.9 Å². The number of pyridine rings is 1. The molecule has 0 atom stereocenters. The Balaban J connectivity index is 2.16. The molecule has 2 rings (SSSR count). The summed E-state index contributed by atoms with van der Waals surface area (Å²) < 4.78 is 24.1. The molecule has 0 radical (unpaired) electrons. The number of benzene rings is 1. The first-order chi connectivity index (χ1) is 9.99. The van der Waals surface area contributed by atoms with Crippen LogP contribution in [0.5, 0.6) is 11.5 Å². The minimum Gasteiger partial charge on any atom is -0.497 e. The third kappa shape index (κ3) is 3.93. The van der Waals surface area contributed by atoms with Crippen molar-refractivity contribution >= 4 is 12.6 Å². The van der Waals surface area contributed by atoms with Crippen LogP contribution in [0.2, 0.25) is 0 Å². The summed E-state index contributed by atoms with van der Waals surface area (Å²) >= 11 is 0. The van der Waals surface area contributed by atoms with Crippen molar-refractivity contribution in [3.8, 4) is 11.5 Å². The van der Waals surface area contributed by atoms with Gasteiger partial charge >= 0.3 is 7.12 Å². The first-order valence-corrected chi connectivity index (χ1v) is 6.29. The topological polar surface area (TPSA) is 71.8 Å². The van der Waals surface area contributed by atoms with Gasteiger partial charge in [0.15, 0.2) is 11.6 Å². The van der Waals surface area contributed by atoms with E-state index in [4.69, 9.17) is 19.5 Å². The van der Waals surface area contributed by atoms with Gasteiger partial charge in [-0.25, -0.2) is 4.39 Å². The molecule has 7 heteroatoms. The summed E-state index contributed by atoms with van der Waals surface area (Å²) in [5.74, 6) is -0.0111. The van der Waals surface area contributed by atoms with Crippen LogP contribution < -0.4 is 14.9 Å². The van der Waals surface area contributed by atoms with E-state index in [0.717, 1.165) is 11.8 Å². The third-order valence-electron chi connectivity index (χ3n) is 2.84. The van der Waals surface area contributed by atoms with Gasteiger partial charge in [0.25, 0.3) is 0 Å². The van der Waals surface area contributed by atoms with Gasteiger partial charge in [-0.3, -0.25) is 4.98 Å². The van der Waals surface area contributed by atoms with E-state index in [-0.39, 0.29) is 17.8 Å². The molecule has 0 saturated carbocycles. The van der Waals surface area contributed by atoms with Crippen molar-refractivity contribution in [1.82, 2.24) is 4.98 Å². The van der Waals surface area contributed by atoms with E-state index >= 15 is 0 Å². The summed E-state index contributed by atoms with van der Waals surface area (Å²) in [4.78, 5) is 4.26. The fraction of sp³-hybridized carbons (Fsp3) is 0.214. The van der Waals surface area contributed by atoms with Crippen LogP contribution >= 0.6 is 0 Å². The lowest BCUT2D eigenvalue weighted by molar-refractivity contribution is 0.285. The number of aromatic nitrogens is 1. The molecule has 21 heavy (non-hydrogen) atoms. The highest BCUT2D eigenvalue weighted by Gasteiger charge is 2.14. The second-order valence-electron chi connectivity index (χ2n) is 4.49. The maximum atomic E-state index is 13.6. The van der Waals surface area contributed by atoms with Crippen LogP contribution in [0.15, 0.2) is 30.3 Å². The first-order valence-electron chi connectivity index (χ1n) is 6.29. The SMILES string of the molecule is COc1cc(C)nc(COc2cc(B(O)O)ccc2F)c1. The van der Waals surface area contributed by atoms with Crippen LogP contribution in [0, 0.1) is 12.7 Å². The lowest BCUT2D eigenvalue weighted by Gasteiger charge is -2.10. The summed E-state index contributed by atoms with van der Waals surface area (Å²) in [7, 11) is -0.129. The molecule has 1 heterocycles. The van der Waals surface area contributed by atoms with E-state index in [2.05, 4.69) is 4.98 Å². The van der Waals surface area contributed by atoms with Gasteiger partial charge in [0.1, 0.15) is 12.4 Å². The molecule has 0 aliphatic heterocycles. The number of aryl methyl sites for hydroxylation is 1. The third-order valence-corrected chi connectivity index (χ3v) is 2.84. The van der Waals surface area contributed by atoms with E-state index in [0.29, 0.717) is 11.4 Å². The molecule has 1 aromatic carbocycles. The molecule has 1 aromatic heterocycles. The Morgan fingerprint density at radius 1 is 1.24 bits per heavy atom. The molecule has 5 nitrogen and oxygen atoms in total. The Morgan fingerprint density at radius 3 is 2.67 bits per heavy atom. The van der Waals surface area contributed by atoms with Gasteiger partial charge in [0.05, 0.1) is 12.8 Å². The van der Waals surface area contributed by atoms with Crippen molar-refractivity contribution in [2.24, 2.45) is 0 Å². The van der Waals surface area contributed by atoms with Gasteiger partial charge in [-0.2, -0.15) is 0 Å². The minimum atomic E-state index is -1.68. The van der Waals surface area contributed by atoms with Gasteiger partial charge in [0.2, 0.25) is 0 Å². The molecule has 0 aliphatic carbocycles. The number of hydrogen-bond donors (Lipinski definition) is 2. The van der Waals surface area contributed by atoms with Gasteiger partial charge in [-0.1, -0.05) is 6.07 Å². The fourth-order valence-electron chi connectivity index (χ4n) is 1.84. The van der Waals surface area contributed by atoms with Crippen molar-refractivity contribution in [2.45, 2.75) is 13.5 Å². The Kier molecular flexibility index (Phi) is 4.77. The normalized spacial score (nSPS) is 10.3. The lowest BCUT2D eigenvalue weighted by Crippen LogP contribution is -2.29. The molecular weight excluding hydrogens is 276 g/mol. The molecule has 2 N–H and O–H groups in total. The molecule has 0 unspecified atom stereocenters. The van der Waals surface area contributed by atoms with Crippen LogP contribution in [0.3, 0.4) is 0 Å². The smallest absolute Gasteiger partial charge is 0.488 e. The Hall–Kier alpha value is -2.12. The minimum absolute atomic E-state index is 0.0416. The maximum Gasteiger partial charge on any atom is 0.488 e. The summed E-state index contributed by atoms with van der Waals surface area (Å²) in [6.07, 6.45) is 0. The molecule has 0 bridgehead atoms. The molecule has 0 aliphatic rings. The summed E-state index contributed by atoms with van der Waals surface area (Å²) in [6.45, 7) is 1.86. The molecule has 0 spiro atoms. The fourth-order valence-corrected chi connectivity index (χ4v) is 1.84. The standard InChI is InChI=1S/C14H15BFNO4/c1-9-5-12(20-2)7-11(17-9)8-21-14-6-10(15(18)19)3-4-13(14)16/h3-7,18-19H,8H2,1-2H3. The van der Waals surface area contributed by atoms with E-state index in [1.165, 1.54) is 12.1 Å². The van der Waals surface area contributed by atoms with Gasteiger partial charge in [-0.15, -0.1) is 0 Å². The maximum absolute atomic E-state index is 13.6. The van der Waals surface area contributed by atoms with Crippen molar-refractivity contribution in [1.29, 1.82) is 0 Å². The molecule has 2 aromatic rings. The van der Waals surface area contributed by atoms with Crippen molar-refractivity contribution in [3.05, 3.63) is 47.5 Å². The second kappa shape index (κ2) is 6.56. The van der Waals surface area contributed by atoms with Crippen molar-refractivity contribution in [3.63, 3.8) is 0 Å². The molecule has 110 valence electrons. The van der Waals surface area contributed by atoms with E-state index in [1.54, 1.807) is 19.2 Å². The number of methoxy groups -OCH3 is 1. The predicted molar refractivity (Wildman–Crippen MR) is 76.1 cm³/mol. The summed E-state index contributed by atoms with van der Waals surface area (Å²) in [6, 6.07) is 7.10. The van der Waals surface area contributed by atoms with Crippen LogP contribution in [-0.4, -0.2) is 29.3 Å². The van der Waals surface area contributed by atoms with Crippen molar-refractivity contribution in [2.75, 3.05) is 7.11 Å². The lowest BCUT2D eigenvalue weighted by atomic mass is 9.80. The zero-order valence-corrected chi connectivity index (χ0v) is 11.7. The molecule has 0 fully saturated rings. The highest BCUT2D eigenvalue weighted by Crippen LogP contribution is 2.18. The average Bonchev–Trinajstić information content (AvgIpc) is 2.45. The first kappa shape index (κ1) is 15.3. The zero-order chi connectivity index (χ0) is 15.4. The summed E-state index contributed by atoms with van der Waals surface area (Å²) in [5.41, 5.74) is 1.50. The Labute approximate surface area is 122 Å². The van der Waals surface area contributed by atoms with Gasteiger partial charge < -0.3 is 19.5 Å². The van der Waals surface area contributed by atoms with Crippen LogP contribution in [0.4, 0.5) is 4.39 Å². The highest BCUT2D eigenvalue weighted by atomic mass is 19.1. The number of ether oxygens (including phenoxy) is 2. The van der Waals surface area contributed by atoms with E-state index in [9.17, 15) is 4.39 Å². The molecule has 0 amide bonds. The van der Waals surface area contributed by atoms with Crippen LogP contribution in [-0.2, 0) is 6.61 Å². The number of nitrogens with zero attached hydrogens (tertiary/aromatic N) is 1. The number of hydrogen-bond acceptors (Lipinski definition) is 5. The van der Waals surface area contributed by atoms with Crippen LogP contribution in [0.25, 0.3) is 0 Å². The average molecular weight is 291 g/mol. The van der Waals surface area contributed by atoms with E-state index < -0.39 is 12.9 Å². The molecule has 0 saturated heterocycles. The quantitative estimate of drug-likeness (QED) is 0.797. The Bertz CT molecular complexity index is 636. The van der Waals surface area contributed by atoms with Crippen LogP contribution in [0.1, 0.15) is 11.4 Å². The zero-order valence-electron chi connectivity index (χ0n) is 11.7. The summed E-state index contributed by atoms with van der Waals surface area (Å²) in [5, 5.41) is 18.2. The highest BCUT2D eigenvalue weighted by molar-refractivity contribution is 6.58. The molecular formula is C14H15BFNO4.